The predicted molar refractivity (Wildman–Crippen MR) is 251 cm³/mol. The molecule has 0 saturated carbocycles. The molecule has 0 heteroatoms. The number of hydrogen-bond donors (Lipinski definition) is 0. The van der Waals surface area contributed by atoms with Gasteiger partial charge in [-0.3, -0.25) is 0 Å². The van der Waals surface area contributed by atoms with Crippen LogP contribution in [0.1, 0.15) is 0 Å². The van der Waals surface area contributed by atoms with Crippen LogP contribution in [-0.2, 0) is 0 Å². The van der Waals surface area contributed by atoms with E-state index >= 15 is 0 Å². The van der Waals surface area contributed by atoms with Crippen LogP contribution in [-0.4, -0.2) is 0 Å². The lowest BCUT2D eigenvalue weighted by atomic mass is 9.82. The van der Waals surface area contributed by atoms with E-state index in [1.165, 1.54) is 131 Å². The van der Waals surface area contributed by atoms with Gasteiger partial charge in [0.15, 0.2) is 0 Å². The Labute approximate surface area is 335 Å². The molecule has 0 aliphatic rings. The molecule has 0 aromatic heterocycles. The fraction of sp³-hybridized carbons (Fsp3) is 0. The van der Waals surface area contributed by atoms with E-state index in [1.807, 2.05) is 0 Å². The highest BCUT2D eigenvalue weighted by molar-refractivity contribution is 6.28. The summed E-state index contributed by atoms with van der Waals surface area (Å²) in [5, 5.41) is 20.7. The number of hydrogen-bond acceptors (Lipinski definition) is 0. The third-order valence-corrected chi connectivity index (χ3v) is 13.0. The monoisotopic (exact) mass is 730 g/mol. The van der Waals surface area contributed by atoms with Crippen molar-refractivity contribution in [1.82, 2.24) is 0 Å². The molecule has 13 aromatic rings. The van der Waals surface area contributed by atoms with E-state index in [-0.39, 0.29) is 0 Å². The standard InChI is InChI=1S/C58H34/c1-2-10-35(11-3-1)56-49-19-7-6-18-44(49)52(34-53(56)48-29-25-41-23-21-37-13-9-15-39-27-31-51(48)58(41)55(37)39)47-33-32-45(42-16-4-5-17-43(42)47)46-28-24-40-22-20-36-12-8-14-38-26-30-50(46)57(40)54(36)38/h1-34H. The van der Waals surface area contributed by atoms with Gasteiger partial charge in [-0.1, -0.05) is 200 Å². The molecule has 0 nitrogen and oxygen atoms in total. The van der Waals surface area contributed by atoms with E-state index in [2.05, 4.69) is 206 Å². The molecule has 0 saturated heterocycles. The number of fused-ring (bicyclic) bond motifs is 2. The van der Waals surface area contributed by atoms with E-state index in [0.717, 1.165) is 0 Å². The Morgan fingerprint density at radius 3 is 1.09 bits per heavy atom. The van der Waals surface area contributed by atoms with Gasteiger partial charge in [0.25, 0.3) is 0 Å². The van der Waals surface area contributed by atoms with Gasteiger partial charge in [0.05, 0.1) is 0 Å². The van der Waals surface area contributed by atoms with Crippen LogP contribution in [0.2, 0.25) is 0 Å². The first kappa shape index (κ1) is 31.6. The molecular weight excluding hydrogens is 697 g/mol. The van der Waals surface area contributed by atoms with Crippen molar-refractivity contribution in [3.8, 4) is 44.5 Å². The Hall–Kier alpha value is -7.54. The quantitative estimate of drug-likeness (QED) is 0.158. The van der Waals surface area contributed by atoms with Gasteiger partial charge < -0.3 is 0 Å². The Morgan fingerprint density at radius 1 is 0.190 bits per heavy atom. The summed E-state index contributed by atoms with van der Waals surface area (Å²) in [6, 6.07) is 77.3. The van der Waals surface area contributed by atoms with Gasteiger partial charge in [-0.05, 0) is 137 Å². The topological polar surface area (TPSA) is 0 Å². The summed E-state index contributed by atoms with van der Waals surface area (Å²) in [4.78, 5) is 0. The maximum absolute atomic E-state index is 2.49. The van der Waals surface area contributed by atoms with Crippen molar-refractivity contribution in [2.75, 3.05) is 0 Å². The van der Waals surface area contributed by atoms with Gasteiger partial charge in [-0.2, -0.15) is 0 Å². The zero-order valence-electron chi connectivity index (χ0n) is 31.6. The molecule has 0 aliphatic carbocycles. The summed E-state index contributed by atoms with van der Waals surface area (Å²) in [7, 11) is 0. The molecule has 13 aromatic carbocycles. The van der Waals surface area contributed by atoms with Crippen LogP contribution in [0, 0.1) is 0 Å². The normalized spacial score (nSPS) is 12.1. The molecule has 0 N–H and O–H groups in total. The minimum atomic E-state index is 1.22. The molecule has 0 heterocycles. The second kappa shape index (κ2) is 12.0. The summed E-state index contributed by atoms with van der Waals surface area (Å²) >= 11 is 0. The third-order valence-electron chi connectivity index (χ3n) is 13.0. The second-order valence-corrected chi connectivity index (χ2v) is 15.9. The van der Waals surface area contributed by atoms with Crippen LogP contribution < -0.4 is 0 Å². The average molecular weight is 731 g/mol. The van der Waals surface area contributed by atoms with Crippen molar-refractivity contribution in [2.45, 2.75) is 0 Å². The number of rotatable bonds is 4. The van der Waals surface area contributed by atoms with Crippen molar-refractivity contribution in [2.24, 2.45) is 0 Å². The molecule has 0 radical (unpaired) electrons. The molecule has 58 heavy (non-hydrogen) atoms. The highest BCUT2D eigenvalue weighted by atomic mass is 14.2. The van der Waals surface area contributed by atoms with Crippen LogP contribution in [0.15, 0.2) is 206 Å². The maximum Gasteiger partial charge on any atom is -0.00206 e. The zero-order valence-corrected chi connectivity index (χ0v) is 31.6. The summed E-state index contributed by atoms with van der Waals surface area (Å²) in [6.07, 6.45) is 0. The fourth-order valence-corrected chi connectivity index (χ4v) is 10.4. The van der Waals surface area contributed by atoms with Crippen LogP contribution >= 0.6 is 0 Å². The van der Waals surface area contributed by atoms with Crippen LogP contribution in [0.25, 0.3) is 131 Å². The van der Waals surface area contributed by atoms with Gasteiger partial charge in [0.2, 0.25) is 0 Å². The first-order valence-corrected chi connectivity index (χ1v) is 20.3. The van der Waals surface area contributed by atoms with E-state index in [9.17, 15) is 0 Å². The van der Waals surface area contributed by atoms with E-state index in [0.29, 0.717) is 0 Å². The van der Waals surface area contributed by atoms with Gasteiger partial charge in [0.1, 0.15) is 0 Å². The Kier molecular flexibility index (Phi) is 6.54. The minimum absolute atomic E-state index is 1.22. The van der Waals surface area contributed by atoms with Gasteiger partial charge >= 0.3 is 0 Å². The van der Waals surface area contributed by atoms with Crippen LogP contribution in [0.3, 0.4) is 0 Å². The maximum atomic E-state index is 2.49. The Balaban J connectivity index is 1.11. The summed E-state index contributed by atoms with van der Waals surface area (Å²) in [5.74, 6) is 0. The second-order valence-electron chi connectivity index (χ2n) is 15.9. The first-order valence-electron chi connectivity index (χ1n) is 20.3. The predicted octanol–water partition coefficient (Wildman–Crippen LogP) is 16.5. The van der Waals surface area contributed by atoms with E-state index in [1.54, 1.807) is 0 Å². The average Bonchev–Trinajstić information content (AvgIpc) is 3.29. The highest BCUT2D eigenvalue weighted by Crippen LogP contribution is 2.49. The fourth-order valence-electron chi connectivity index (χ4n) is 10.4. The van der Waals surface area contributed by atoms with Crippen molar-refractivity contribution < 1.29 is 0 Å². The molecule has 0 fully saturated rings. The molecule has 0 spiro atoms. The van der Waals surface area contributed by atoms with Crippen molar-refractivity contribution >= 4 is 86.2 Å². The SMILES string of the molecule is c1ccc(-c2c(-c3ccc4ccc5cccc6ccc3c4c56)cc(-c3ccc(-c4ccc5ccc6cccc7ccc4c5c67)c4ccccc34)c3ccccc23)cc1. The van der Waals surface area contributed by atoms with E-state index in [4.69, 9.17) is 0 Å². The van der Waals surface area contributed by atoms with E-state index < -0.39 is 0 Å². The van der Waals surface area contributed by atoms with Gasteiger partial charge in [0, 0.05) is 0 Å². The van der Waals surface area contributed by atoms with Crippen molar-refractivity contribution in [3.05, 3.63) is 206 Å². The molecule has 0 amide bonds. The summed E-state index contributed by atoms with van der Waals surface area (Å²) in [5.41, 5.74) is 10.0. The molecular formula is C58H34. The zero-order chi connectivity index (χ0) is 37.9. The summed E-state index contributed by atoms with van der Waals surface area (Å²) in [6.45, 7) is 0. The molecule has 0 bridgehead atoms. The minimum Gasteiger partial charge on any atom is -0.0622 e. The molecule has 0 atom stereocenters. The van der Waals surface area contributed by atoms with Gasteiger partial charge in [-0.15, -0.1) is 0 Å². The highest BCUT2D eigenvalue weighted by Gasteiger charge is 2.22. The molecule has 13 rings (SSSR count). The van der Waals surface area contributed by atoms with Gasteiger partial charge in [-0.25, -0.2) is 0 Å². The Morgan fingerprint density at radius 2 is 0.552 bits per heavy atom. The Bertz CT molecular complexity index is 3740. The van der Waals surface area contributed by atoms with Crippen LogP contribution in [0.5, 0.6) is 0 Å². The van der Waals surface area contributed by atoms with Crippen LogP contribution in [0.4, 0.5) is 0 Å². The lowest BCUT2D eigenvalue weighted by Crippen LogP contribution is -1.94. The largest absolute Gasteiger partial charge is 0.0622 e. The van der Waals surface area contributed by atoms with Crippen molar-refractivity contribution in [3.63, 3.8) is 0 Å². The third kappa shape index (κ3) is 4.40. The lowest BCUT2D eigenvalue weighted by Gasteiger charge is -2.21. The molecule has 0 aliphatic heterocycles. The smallest absolute Gasteiger partial charge is 0.00206 e. The molecule has 0 unspecified atom stereocenters. The summed E-state index contributed by atoms with van der Waals surface area (Å²) < 4.78 is 0. The number of benzene rings is 13. The first-order chi connectivity index (χ1) is 28.8. The van der Waals surface area contributed by atoms with Crippen molar-refractivity contribution in [1.29, 1.82) is 0 Å². The lowest BCUT2D eigenvalue weighted by molar-refractivity contribution is 1.62. The molecule has 266 valence electrons.